The van der Waals surface area contributed by atoms with Gasteiger partial charge in [-0.15, -0.1) is 0 Å². The Labute approximate surface area is 356 Å². The molecule has 0 unspecified atom stereocenters. The molecule has 0 amide bonds. The molecule has 61 heavy (non-hydrogen) atoms. The van der Waals surface area contributed by atoms with E-state index in [0.717, 1.165) is 41.5 Å². The number of para-hydroxylation sites is 2. The van der Waals surface area contributed by atoms with Gasteiger partial charge in [0.2, 0.25) is 0 Å². The zero-order chi connectivity index (χ0) is 40.1. The Morgan fingerprint density at radius 3 is 1.90 bits per heavy atom. The molecular weight excluding hydrogens is 758 g/mol. The smallest absolute Gasteiger partial charge is 0.260 e. The lowest BCUT2D eigenvalue weighted by molar-refractivity contribution is 0.372. The minimum atomic E-state index is -2.89. The van der Waals surface area contributed by atoms with Gasteiger partial charge in [-0.3, -0.25) is 0 Å². The quantitative estimate of drug-likeness (QED) is 0.131. The molecule has 3 heterocycles. The molecule has 0 aromatic heterocycles. The topological polar surface area (TPSA) is 21.7 Å². The number of hydrogen-bond donors (Lipinski definition) is 0. The molecule has 4 aliphatic rings. The third kappa shape index (κ3) is 4.99. The third-order valence-corrected chi connectivity index (χ3v) is 18.3. The van der Waals surface area contributed by atoms with Crippen molar-refractivity contribution in [3.05, 3.63) is 223 Å². The summed E-state index contributed by atoms with van der Waals surface area (Å²) in [5.41, 5.74) is 9.45. The number of anilines is 3. The summed E-state index contributed by atoms with van der Waals surface area (Å²) in [6.07, 6.45) is 4.03. The van der Waals surface area contributed by atoms with Crippen molar-refractivity contribution in [2.75, 3.05) is 4.90 Å². The lowest BCUT2D eigenvalue weighted by Gasteiger charge is -2.45. The summed E-state index contributed by atoms with van der Waals surface area (Å²) in [6.45, 7) is 0.0488. The van der Waals surface area contributed by atoms with Gasteiger partial charge in [0.15, 0.2) is 8.07 Å². The highest BCUT2D eigenvalue weighted by Gasteiger charge is 2.49. The molecule has 286 valence electrons. The Morgan fingerprint density at radius 2 is 1.13 bits per heavy atom. The lowest BCUT2D eigenvalue weighted by Crippen LogP contribution is -2.77. The van der Waals surface area contributed by atoms with Crippen LogP contribution in [0.1, 0.15) is 12.8 Å². The SMILES string of the molecule is C1=C2Oc3cc(N4c5ccccc5[Si](c5ccccc5)(c5ccccc5)c5ccc(-c6c7ccccc7cc7ccccc67)cc54)ccc3B3C2=C(CC1)Oc1ccccc13. The Balaban J connectivity index is 1.10. The van der Waals surface area contributed by atoms with E-state index in [-0.39, 0.29) is 6.71 Å². The van der Waals surface area contributed by atoms with Crippen LogP contribution in [0.4, 0.5) is 17.1 Å². The van der Waals surface area contributed by atoms with Crippen molar-refractivity contribution in [3.8, 4) is 22.6 Å². The van der Waals surface area contributed by atoms with Gasteiger partial charge in [0.1, 0.15) is 23.0 Å². The lowest BCUT2D eigenvalue weighted by atomic mass is 9.33. The number of nitrogens with zero attached hydrogens (tertiary/aromatic N) is 1. The van der Waals surface area contributed by atoms with E-state index in [0.29, 0.717) is 0 Å². The van der Waals surface area contributed by atoms with E-state index >= 15 is 0 Å². The molecule has 9 aromatic carbocycles. The van der Waals surface area contributed by atoms with Crippen molar-refractivity contribution in [2.24, 2.45) is 0 Å². The van der Waals surface area contributed by atoms with Gasteiger partial charge in [0.05, 0.1) is 0 Å². The van der Waals surface area contributed by atoms with E-state index in [1.54, 1.807) is 0 Å². The summed E-state index contributed by atoms with van der Waals surface area (Å²) in [4.78, 5) is 2.52. The molecule has 0 atom stereocenters. The average Bonchev–Trinajstić information content (AvgIpc) is 3.32. The van der Waals surface area contributed by atoms with E-state index < -0.39 is 8.07 Å². The maximum absolute atomic E-state index is 6.97. The first-order valence-corrected chi connectivity index (χ1v) is 23.3. The van der Waals surface area contributed by atoms with Crippen molar-refractivity contribution in [1.82, 2.24) is 0 Å². The Bertz CT molecular complexity index is 3250. The number of fused-ring (bicyclic) bond motifs is 8. The van der Waals surface area contributed by atoms with Gasteiger partial charge in [0, 0.05) is 35.0 Å². The van der Waals surface area contributed by atoms with Crippen LogP contribution in [0.5, 0.6) is 11.5 Å². The molecule has 3 nitrogen and oxygen atoms in total. The normalized spacial score (nSPS) is 15.4. The molecule has 0 bridgehead atoms. The number of hydrogen-bond acceptors (Lipinski definition) is 3. The zero-order valence-electron chi connectivity index (χ0n) is 33.4. The van der Waals surface area contributed by atoms with Crippen LogP contribution in [0.25, 0.3) is 32.7 Å². The highest BCUT2D eigenvalue weighted by molar-refractivity contribution is 7.21. The first kappa shape index (κ1) is 34.5. The maximum atomic E-state index is 6.97. The van der Waals surface area contributed by atoms with Crippen LogP contribution in [0.15, 0.2) is 223 Å². The van der Waals surface area contributed by atoms with Crippen molar-refractivity contribution in [2.45, 2.75) is 12.8 Å². The van der Waals surface area contributed by atoms with Crippen LogP contribution < -0.4 is 46.0 Å². The predicted molar refractivity (Wildman–Crippen MR) is 256 cm³/mol. The van der Waals surface area contributed by atoms with Gasteiger partial charge >= 0.3 is 0 Å². The van der Waals surface area contributed by atoms with Crippen molar-refractivity contribution < 1.29 is 9.47 Å². The molecule has 9 aromatic rings. The fourth-order valence-electron chi connectivity index (χ4n) is 11.0. The number of ether oxygens (including phenoxy) is 2. The maximum Gasteiger partial charge on any atom is 0.260 e. The molecule has 0 saturated carbocycles. The number of benzene rings is 9. The summed E-state index contributed by atoms with van der Waals surface area (Å²) in [6, 6.07) is 74.5. The molecule has 1 aliphatic carbocycles. The van der Waals surface area contributed by atoms with Crippen LogP contribution in [-0.4, -0.2) is 14.8 Å². The third-order valence-electron chi connectivity index (χ3n) is 13.5. The molecule has 13 rings (SSSR count). The minimum absolute atomic E-state index is 0.0488. The summed E-state index contributed by atoms with van der Waals surface area (Å²) >= 11 is 0. The molecule has 0 saturated heterocycles. The number of allylic oxidation sites excluding steroid dienone is 3. The second-order valence-corrected chi connectivity index (χ2v) is 20.3. The largest absolute Gasteiger partial charge is 0.463 e. The van der Waals surface area contributed by atoms with Gasteiger partial charge in [-0.2, -0.15) is 0 Å². The van der Waals surface area contributed by atoms with Crippen molar-refractivity contribution in [3.63, 3.8) is 0 Å². The van der Waals surface area contributed by atoms with E-state index in [1.807, 2.05) is 0 Å². The molecular formula is C56H38BNO2Si. The second kappa shape index (κ2) is 13.3. The Kier molecular flexibility index (Phi) is 7.55. The molecule has 0 radical (unpaired) electrons. The van der Waals surface area contributed by atoms with E-state index in [2.05, 4.69) is 211 Å². The zero-order valence-corrected chi connectivity index (χ0v) is 34.4. The fourth-order valence-corrected chi connectivity index (χ4v) is 16.1. The van der Waals surface area contributed by atoms with Crippen molar-refractivity contribution >= 4 is 85.1 Å². The van der Waals surface area contributed by atoms with Gasteiger partial charge in [-0.05, 0) is 107 Å². The predicted octanol–water partition coefficient (Wildman–Crippen LogP) is 9.69. The van der Waals surface area contributed by atoms with Crippen LogP contribution in [0.3, 0.4) is 0 Å². The summed E-state index contributed by atoms with van der Waals surface area (Å²) in [7, 11) is -2.89. The molecule has 0 fully saturated rings. The van der Waals surface area contributed by atoms with Gasteiger partial charge < -0.3 is 14.4 Å². The Morgan fingerprint density at radius 1 is 0.492 bits per heavy atom. The first-order valence-electron chi connectivity index (χ1n) is 21.3. The van der Waals surface area contributed by atoms with Crippen LogP contribution in [0, 0.1) is 0 Å². The first-order chi connectivity index (χ1) is 30.3. The fraction of sp³-hybridized carbons (Fsp3) is 0.0357. The van der Waals surface area contributed by atoms with Crippen molar-refractivity contribution in [1.29, 1.82) is 0 Å². The standard InChI is InChI=1S/C56H38BNO2Si/c1-3-18-41(19-4-1)61(42-20-5-2-6-21-42)53-29-14-12-25-47(53)58(48-35-39(30-33-54(48)61)55-43-22-9-7-16-37(43)34-38-17-8-10-23-44(38)55)40-31-32-46-52(36-40)60-51-28-15-27-50-56(51)57(46)45-24-11-13-26-49(45)59-50/h1-14,16-26,28-36H,15,27H2. The van der Waals surface area contributed by atoms with Crippen LogP contribution >= 0.6 is 0 Å². The van der Waals surface area contributed by atoms with Gasteiger partial charge in [-0.1, -0.05) is 164 Å². The Hall–Kier alpha value is -7.34. The van der Waals surface area contributed by atoms with Gasteiger partial charge in [-0.25, -0.2) is 0 Å². The second-order valence-electron chi connectivity index (χ2n) is 16.6. The summed E-state index contributed by atoms with van der Waals surface area (Å²) in [5, 5.41) is 10.4. The summed E-state index contributed by atoms with van der Waals surface area (Å²) in [5.74, 6) is 3.80. The van der Waals surface area contributed by atoms with Gasteiger partial charge in [0.25, 0.3) is 6.71 Å². The molecule has 5 heteroatoms. The van der Waals surface area contributed by atoms with E-state index in [1.165, 1.54) is 81.2 Å². The van der Waals surface area contributed by atoms with Crippen LogP contribution in [-0.2, 0) is 0 Å². The minimum Gasteiger partial charge on any atom is -0.463 e. The highest BCUT2D eigenvalue weighted by Crippen LogP contribution is 2.45. The van der Waals surface area contributed by atoms with E-state index in [9.17, 15) is 0 Å². The van der Waals surface area contributed by atoms with E-state index in [4.69, 9.17) is 9.47 Å². The molecule has 0 N–H and O–H groups in total. The molecule has 0 spiro atoms. The number of rotatable bonds is 4. The monoisotopic (exact) mass is 795 g/mol. The highest BCUT2D eigenvalue weighted by atomic mass is 28.3. The molecule has 3 aliphatic heterocycles. The van der Waals surface area contributed by atoms with Crippen LogP contribution in [0.2, 0.25) is 0 Å². The summed E-state index contributed by atoms with van der Waals surface area (Å²) < 4.78 is 13.5. The average molecular weight is 796 g/mol.